The maximum Gasteiger partial charge on any atom is 0.543 e. The molecule has 0 amide bonds. The number of hydrogen-bond acceptors (Lipinski definition) is 7. The van der Waals surface area contributed by atoms with Crippen LogP contribution in [-0.2, 0) is 19.6 Å². The molecule has 1 aliphatic carbocycles. The standard InChI is InChI=1S/C17H22O7/c1-11-8-9-12(2)15(10-11)21-17(19)23-24-22-16(18)13-6-4-5-7-14(13)20-3/h4-7,11-12,15H,8-10H2,1-3H3. The van der Waals surface area contributed by atoms with Gasteiger partial charge >= 0.3 is 12.1 Å². The zero-order chi connectivity index (χ0) is 17.5. The third kappa shape index (κ3) is 4.86. The molecule has 3 atom stereocenters. The minimum atomic E-state index is -1.03. The van der Waals surface area contributed by atoms with Gasteiger partial charge in [-0.2, -0.15) is 0 Å². The zero-order valence-corrected chi connectivity index (χ0v) is 14.0. The van der Waals surface area contributed by atoms with E-state index in [9.17, 15) is 9.59 Å². The van der Waals surface area contributed by atoms with Crippen LogP contribution in [0.4, 0.5) is 4.79 Å². The van der Waals surface area contributed by atoms with Crippen molar-refractivity contribution >= 4 is 12.1 Å². The second kappa shape index (κ2) is 8.54. The van der Waals surface area contributed by atoms with Crippen molar-refractivity contribution in [3.63, 3.8) is 0 Å². The molecule has 0 bridgehead atoms. The highest BCUT2D eigenvalue weighted by Gasteiger charge is 2.29. The van der Waals surface area contributed by atoms with Gasteiger partial charge in [0, 0.05) is 0 Å². The Kier molecular flexibility index (Phi) is 6.43. The lowest BCUT2D eigenvalue weighted by Gasteiger charge is -2.31. The largest absolute Gasteiger partial charge is 0.543 e. The Bertz CT molecular complexity index is 572. The Labute approximate surface area is 140 Å². The maximum absolute atomic E-state index is 11.8. The average molecular weight is 338 g/mol. The van der Waals surface area contributed by atoms with Gasteiger partial charge < -0.3 is 9.47 Å². The van der Waals surface area contributed by atoms with Crippen LogP contribution in [0.5, 0.6) is 5.75 Å². The number of carbonyl (C=O) groups is 2. The minimum absolute atomic E-state index is 0.145. The van der Waals surface area contributed by atoms with Crippen molar-refractivity contribution in [2.24, 2.45) is 11.8 Å². The van der Waals surface area contributed by atoms with Crippen molar-refractivity contribution in [3.05, 3.63) is 29.8 Å². The van der Waals surface area contributed by atoms with E-state index in [0.29, 0.717) is 11.7 Å². The maximum atomic E-state index is 11.8. The van der Waals surface area contributed by atoms with E-state index in [4.69, 9.17) is 9.47 Å². The molecule has 7 heteroatoms. The third-order valence-electron chi connectivity index (χ3n) is 4.17. The normalized spacial score (nSPS) is 23.2. The van der Waals surface area contributed by atoms with Gasteiger partial charge in [0.25, 0.3) is 0 Å². The number of methoxy groups -OCH3 is 1. The Morgan fingerprint density at radius 1 is 1.08 bits per heavy atom. The molecule has 132 valence electrons. The van der Waals surface area contributed by atoms with Crippen LogP contribution in [0.2, 0.25) is 0 Å². The predicted octanol–water partition coefficient (Wildman–Crippen LogP) is 3.68. The summed E-state index contributed by atoms with van der Waals surface area (Å²) < 4.78 is 10.2. The highest BCUT2D eigenvalue weighted by Crippen LogP contribution is 2.30. The summed E-state index contributed by atoms with van der Waals surface area (Å²) in [5.41, 5.74) is 0.145. The molecule has 24 heavy (non-hydrogen) atoms. The SMILES string of the molecule is COc1ccccc1C(=O)OOOC(=O)OC1CC(C)CCC1C. The van der Waals surface area contributed by atoms with E-state index < -0.39 is 12.1 Å². The highest BCUT2D eigenvalue weighted by molar-refractivity contribution is 5.92. The van der Waals surface area contributed by atoms with Crippen LogP contribution >= 0.6 is 0 Å². The van der Waals surface area contributed by atoms with Crippen LogP contribution < -0.4 is 4.74 Å². The van der Waals surface area contributed by atoms with Crippen molar-refractivity contribution in [1.82, 2.24) is 0 Å². The Balaban J connectivity index is 1.77. The highest BCUT2D eigenvalue weighted by atomic mass is 17.5. The summed E-state index contributed by atoms with van der Waals surface area (Å²) in [6, 6.07) is 6.43. The lowest BCUT2D eigenvalue weighted by atomic mass is 9.82. The molecule has 1 aliphatic rings. The van der Waals surface area contributed by atoms with E-state index in [1.165, 1.54) is 13.2 Å². The molecule has 0 aromatic heterocycles. The Hall–Kier alpha value is -2.28. The topological polar surface area (TPSA) is 80.3 Å². The molecule has 1 aromatic rings. The van der Waals surface area contributed by atoms with Crippen LogP contribution in [0.25, 0.3) is 0 Å². The van der Waals surface area contributed by atoms with Crippen LogP contribution in [0.3, 0.4) is 0 Å². The monoisotopic (exact) mass is 338 g/mol. The zero-order valence-electron chi connectivity index (χ0n) is 14.0. The van der Waals surface area contributed by atoms with E-state index >= 15 is 0 Å². The van der Waals surface area contributed by atoms with Crippen LogP contribution in [0.1, 0.15) is 43.5 Å². The number of para-hydroxylation sites is 1. The molecule has 0 N–H and O–H groups in total. The average Bonchev–Trinajstić information content (AvgIpc) is 2.58. The number of hydrogen-bond donors (Lipinski definition) is 0. The van der Waals surface area contributed by atoms with Gasteiger partial charge in [-0.3, -0.25) is 4.89 Å². The van der Waals surface area contributed by atoms with Crippen molar-refractivity contribution < 1.29 is 33.9 Å². The van der Waals surface area contributed by atoms with E-state index in [1.54, 1.807) is 18.2 Å². The van der Waals surface area contributed by atoms with Crippen molar-refractivity contribution in [2.75, 3.05) is 7.11 Å². The first-order valence-corrected chi connectivity index (χ1v) is 7.90. The van der Waals surface area contributed by atoms with Gasteiger partial charge in [-0.1, -0.05) is 32.4 Å². The summed E-state index contributed by atoms with van der Waals surface area (Å²) in [6.45, 7) is 4.13. The van der Waals surface area contributed by atoms with Crippen molar-refractivity contribution in [1.29, 1.82) is 0 Å². The van der Waals surface area contributed by atoms with Gasteiger partial charge in [0.05, 0.1) is 12.1 Å². The van der Waals surface area contributed by atoms with Gasteiger partial charge in [0.1, 0.15) is 17.4 Å². The first-order chi connectivity index (χ1) is 11.5. The van der Waals surface area contributed by atoms with Gasteiger partial charge in [-0.15, -0.1) is 0 Å². The van der Waals surface area contributed by atoms with E-state index in [0.717, 1.165) is 19.3 Å². The summed E-state index contributed by atoms with van der Waals surface area (Å²) in [4.78, 5) is 32.2. The first-order valence-electron chi connectivity index (χ1n) is 7.90. The molecule has 2 rings (SSSR count). The van der Waals surface area contributed by atoms with Gasteiger partial charge in [-0.25, -0.2) is 14.5 Å². The van der Waals surface area contributed by atoms with E-state index in [-0.39, 0.29) is 17.6 Å². The van der Waals surface area contributed by atoms with E-state index in [1.807, 2.05) is 6.92 Å². The molecule has 0 aliphatic heterocycles. The molecule has 3 unspecified atom stereocenters. The summed E-state index contributed by atoms with van der Waals surface area (Å²) in [5, 5.41) is 4.24. The minimum Gasteiger partial charge on any atom is -0.496 e. The smallest absolute Gasteiger partial charge is 0.496 e. The van der Waals surface area contributed by atoms with Gasteiger partial charge in [0.2, 0.25) is 0 Å². The first kappa shape index (κ1) is 18.1. The molecular weight excluding hydrogens is 316 g/mol. The molecule has 0 saturated heterocycles. The fraction of sp³-hybridized carbons (Fsp3) is 0.529. The van der Waals surface area contributed by atoms with Gasteiger partial charge in [0.15, 0.2) is 0 Å². The Morgan fingerprint density at radius 2 is 1.83 bits per heavy atom. The quantitative estimate of drug-likeness (QED) is 0.460. The number of ether oxygens (including phenoxy) is 2. The summed E-state index contributed by atoms with van der Waals surface area (Å²) in [6.07, 6.45) is 1.62. The van der Waals surface area contributed by atoms with Crippen molar-refractivity contribution in [3.8, 4) is 5.75 Å². The van der Waals surface area contributed by atoms with Crippen LogP contribution in [0, 0.1) is 11.8 Å². The fourth-order valence-electron chi connectivity index (χ4n) is 2.72. The predicted molar refractivity (Wildman–Crippen MR) is 83.0 cm³/mol. The lowest BCUT2D eigenvalue weighted by molar-refractivity contribution is -0.453. The second-order valence-electron chi connectivity index (χ2n) is 6.02. The molecule has 1 fully saturated rings. The molecule has 0 heterocycles. The molecule has 0 radical (unpaired) electrons. The van der Waals surface area contributed by atoms with E-state index in [2.05, 4.69) is 21.7 Å². The fourth-order valence-corrected chi connectivity index (χ4v) is 2.72. The molecule has 1 saturated carbocycles. The summed E-state index contributed by atoms with van der Waals surface area (Å²) in [5.74, 6) is 0.215. The summed E-state index contributed by atoms with van der Waals surface area (Å²) >= 11 is 0. The van der Waals surface area contributed by atoms with Gasteiger partial charge in [-0.05, 0) is 36.8 Å². The summed E-state index contributed by atoms with van der Waals surface area (Å²) in [7, 11) is 1.42. The van der Waals surface area contributed by atoms with Crippen LogP contribution in [-0.4, -0.2) is 25.3 Å². The molecule has 1 aromatic carbocycles. The lowest BCUT2D eigenvalue weighted by Crippen LogP contribution is -2.31. The number of benzene rings is 1. The molecule has 0 spiro atoms. The number of rotatable bonds is 5. The number of carbonyl (C=O) groups excluding carboxylic acids is 2. The van der Waals surface area contributed by atoms with Crippen molar-refractivity contribution in [2.45, 2.75) is 39.2 Å². The Morgan fingerprint density at radius 3 is 2.58 bits per heavy atom. The third-order valence-corrected chi connectivity index (χ3v) is 4.17. The second-order valence-corrected chi connectivity index (χ2v) is 6.02. The van der Waals surface area contributed by atoms with Crippen LogP contribution in [0.15, 0.2) is 24.3 Å². The molecular formula is C17H22O7. The molecule has 7 nitrogen and oxygen atoms in total.